The SMILES string of the molecule is CCCCCCCCCCCCCCCCCCCCOS(=O)(=O)c1cc(Cl)c2ccccc2c1Cl. The molecule has 0 aliphatic rings. The second-order valence-electron chi connectivity index (χ2n) is 10.0. The van der Waals surface area contributed by atoms with Crippen molar-refractivity contribution in [1.82, 2.24) is 0 Å². The second kappa shape index (κ2) is 18.4. The van der Waals surface area contributed by atoms with Crippen molar-refractivity contribution in [1.29, 1.82) is 0 Å². The maximum atomic E-state index is 12.7. The molecule has 2 aromatic rings. The van der Waals surface area contributed by atoms with Crippen LogP contribution in [0.3, 0.4) is 0 Å². The first-order chi connectivity index (χ1) is 17.5. The van der Waals surface area contributed by atoms with E-state index >= 15 is 0 Å². The van der Waals surface area contributed by atoms with E-state index in [1.54, 1.807) is 12.1 Å². The van der Waals surface area contributed by atoms with Crippen molar-refractivity contribution >= 4 is 44.1 Å². The molecule has 0 saturated heterocycles. The third kappa shape index (κ3) is 11.7. The van der Waals surface area contributed by atoms with Crippen molar-refractivity contribution in [2.45, 2.75) is 127 Å². The first kappa shape index (κ1) is 31.4. The average Bonchev–Trinajstić information content (AvgIpc) is 2.87. The van der Waals surface area contributed by atoms with Crippen LogP contribution in [-0.4, -0.2) is 15.0 Å². The Kier molecular flexibility index (Phi) is 16.1. The Morgan fingerprint density at radius 2 is 1.06 bits per heavy atom. The molecule has 0 heterocycles. The van der Waals surface area contributed by atoms with Gasteiger partial charge in [0, 0.05) is 15.8 Å². The molecule has 0 aromatic heterocycles. The van der Waals surface area contributed by atoms with Gasteiger partial charge in [-0.3, -0.25) is 4.18 Å². The standard InChI is InChI=1S/C30H46Cl2O3S/c1-2-3-4-5-6-7-8-9-10-11-12-13-14-15-16-17-18-21-24-35-36(33,34)29-25-28(31)26-22-19-20-23-27(26)30(29)32/h19-20,22-23,25H,2-18,21,24H2,1H3. The fourth-order valence-corrected chi connectivity index (χ4v) is 6.59. The maximum absolute atomic E-state index is 12.7. The van der Waals surface area contributed by atoms with Gasteiger partial charge in [0.25, 0.3) is 10.1 Å². The third-order valence-corrected chi connectivity index (χ3v) is 9.07. The summed E-state index contributed by atoms with van der Waals surface area (Å²) < 4.78 is 30.6. The molecule has 0 bridgehead atoms. The number of rotatable bonds is 21. The fraction of sp³-hybridized carbons (Fsp3) is 0.667. The Bertz CT molecular complexity index is 976. The zero-order valence-corrected chi connectivity index (χ0v) is 24.5. The summed E-state index contributed by atoms with van der Waals surface area (Å²) in [5, 5.41) is 1.85. The van der Waals surface area contributed by atoms with Crippen molar-refractivity contribution in [2.24, 2.45) is 0 Å². The Balaban J connectivity index is 1.46. The first-order valence-corrected chi connectivity index (χ1v) is 16.4. The molecular formula is C30H46Cl2O3S. The quantitative estimate of drug-likeness (QED) is 0.113. The highest BCUT2D eigenvalue weighted by molar-refractivity contribution is 7.87. The van der Waals surface area contributed by atoms with Crippen molar-refractivity contribution < 1.29 is 12.6 Å². The summed E-state index contributed by atoms with van der Waals surface area (Å²) >= 11 is 12.6. The predicted molar refractivity (Wildman–Crippen MR) is 156 cm³/mol. The molecule has 0 aliphatic carbocycles. The molecule has 0 amide bonds. The Morgan fingerprint density at radius 1 is 0.639 bits per heavy atom. The fourth-order valence-electron chi connectivity index (χ4n) is 4.69. The molecule has 0 spiro atoms. The smallest absolute Gasteiger partial charge is 0.266 e. The van der Waals surface area contributed by atoms with Gasteiger partial charge in [-0.1, -0.05) is 164 Å². The highest BCUT2D eigenvalue weighted by Crippen LogP contribution is 2.36. The second-order valence-corrected chi connectivity index (χ2v) is 12.4. The monoisotopic (exact) mass is 556 g/mol. The average molecular weight is 558 g/mol. The van der Waals surface area contributed by atoms with Crippen LogP contribution in [0, 0.1) is 0 Å². The lowest BCUT2D eigenvalue weighted by molar-refractivity contribution is 0.306. The lowest BCUT2D eigenvalue weighted by Crippen LogP contribution is -2.08. The van der Waals surface area contributed by atoms with Gasteiger partial charge in [0.15, 0.2) is 0 Å². The zero-order chi connectivity index (χ0) is 26.1. The summed E-state index contributed by atoms with van der Waals surface area (Å²) in [4.78, 5) is -0.0599. The molecule has 0 atom stereocenters. The molecule has 2 aromatic carbocycles. The highest BCUT2D eigenvalue weighted by atomic mass is 35.5. The van der Waals surface area contributed by atoms with Crippen LogP contribution in [0.25, 0.3) is 10.8 Å². The Labute approximate surface area is 230 Å². The predicted octanol–water partition coefficient (Wildman–Crippen LogP) is 10.9. The number of benzene rings is 2. The molecule has 2 rings (SSSR count). The van der Waals surface area contributed by atoms with Gasteiger partial charge in [0.1, 0.15) is 4.90 Å². The molecule has 0 saturated carbocycles. The van der Waals surface area contributed by atoms with Crippen LogP contribution in [0.2, 0.25) is 10.0 Å². The van der Waals surface area contributed by atoms with Gasteiger partial charge in [-0.15, -0.1) is 0 Å². The molecule has 0 fully saturated rings. The molecule has 0 aliphatic heterocycles. The number of fused-ring (bicyclic) bond motifs is 1. The molecule has 36 heavy (non-hydrogen) atoms. The van der Waals surface area contributed by atoms with Crippen molar-refractivity contribution in [3.05, 3.63) is 40.4 Å². The normalized spacial score (nSPS) is 12.0. The lowest BCUT2D eigenvalue weighted by atomic mass is 10.0. The van der Waals surface area contributed by atoms with E-state index in [9.17, 15) is 8.42 Å². The maximum Gasteiger partial charge on any atom is 0.298 e. The minimum atomic E-state index is -3.94. The van der Waals surface area contributed by atoms with Crippen LogP contribution in [0.15, 0.2) is 35.2 Å². The topological polar surface area (TPSA) is 43.4 Å². The minimum absolute atomic E-state index is 0.0599. The van der Waals surface area contributed by atoms with E-state index in [2.05, 4.69) is 6.92 Å². The summed E-state index contributed by atoms with van der Waals surface area (Å²) in [6.07, 6.45) is 23.3. The van der Waals surface area contributed by atoms with E-state index in [1.807, 2.05) is 12.1 Å². The summed E-state index contributed by atoms with van der Waals surface area (Å²) in [5.74, 6) is 0. The van der Waals surface area contributed by atoms with E-state index in [0.717, 1.165) is 24.6 Å². The van der Waals surface area contributed by atoms with Crippen molar-refractivity contribution in [3.63, 3.8) is 0 Å². The van der Waals surface area contributed by atoms with Crippen molar-refractivity contribution in [3.8, 4) is 0 Å². The van der Waals surface area contributed by atoms with E-state index in [-0.39, 0.29) is 16.5 Å². The number of hydrogen-bond acceptors (Lipinski definition) is 3. The van der Waals surface area contributed by atoms with Gasteiger partial charge in [-0.05, 0) is 12.5 Å². The molecular weight excluding hydrogens is 511 g/mol. The number of unbranched alkanes of at least 4 members (excludes halogenated alkanes) is 17. The molecule has 0 radical (unpaired) electrons. The van der Waals surface area contributed by atoms with Gasteiger partial charge in [-0.25, -0.2) is 0 Å². The van der Waals surface area contributed by atoms with Crippen LogP contribution in [-0.2, 0) is 14.3 Å². The van der Waals surface area contributed by atoms with E-state index in [4.69, 9.17) is 27.4 Å². The molecule has 0 N–H and O–H groups in total. The van der Waals surface area contributed by atoms with E-state index in [1.165, 1.54) is 102 Å². The van der Waals surface area contributed by atoms with Crippen molar-refractivity contribution in [2.75, 3.05) is 6.61 Å². The highest BCUT2D eigenvalue weighted by Gasteiger charge is 2.22. The summed E-state index contributed by atoms with van der Waals surface area (Å²) in [6.45, 7) is 2.44. The van der Waals surface area contributed by atoms with E-state index < -0.39 is 10.1 Å². The van der Waals surface area contributed by atoms with E-state index in [0.29, 0.717) is 10.4 Å². The van der Waals surface area contributed by atoms with Crippen LogP contribution >= 0.6 is 23.2 Å². The van der Waals surface area contributed by atoms with Gasteiger partial charge in [-0.2, -0.15) is 8.42 Å². The first-order valence-electron chi connectivity index (χ1n) is 14.2. The number of hydrogen-bond donors (Lipinski definition) is 0. The van der Waals surface area contributed by atoms with Gasteiger partial charge < -0.3 is 0 Å². The molecule has 6 heteroatoms. The summed E-state index contributed by atoms with van der Waals surface area (Å²) in [7, 11) is -3.94. The van der Waals surface area contributed by atoms with Crippen LogP contribution in [0.4, 0.5) is 0 Å². The Morgan fingerprint density at radius 3 is 1.53 bits per heavy atom. The largest absolute Gasteiger partial charge is 0.298 e. The van der Waals surface area contributed by atoms with Gasteiger partial charge in [0.05, 0.1) is 11.6 Å². The minimum Gasteiger partial charge on any atom is -0.266 e. The Hall–Kier alpha value is -0.810. The summed E-state index contributed by atoms with van der Waals surface area (Å²) in [5.41, 5.74) is 0. The summed E-state index contributed by atoms with van der Waals surface area (Å²) in [6, 6.07) is 8.61. The number of halogens is 2. The van der Waals surface area contributed by atoms with Crippen LogP contribution < -0.4 is 0 Å². The molecule has 0 unspecified atom stereocenters. The molecule has 3 nitrogen and oxygen atoms in total. The van der Waals surface area contributed by atoms with Crippen LogP contribution in [0.5, 0.6) is 0 Å². The van der Waals surface area contributed by atoms with Gasteiger partial charge >= 0.3 is 0 Å². The van der Waals surface area contributed by atoms with Gasteiger partial charge in [0.2, 0.25) is 0 Å². The third-order valence-electron chi connectivity index (χ3n) is 6.90. The van der Waals surface area contributed by atoms with Crippen LogP contribution in [0.1, 0.15) is 122 Å². The zero-order valence-electron chi connectivity index (χ0n) is 22.2. The lowest BCUT2D eigenvalue weighted by Gasteiger charge is -2.11. The molecule has 204 valence electrons.